The maximum absolute atomic E-state index is 13.9. The molecule has 1 atom stereocenters. The Balaban J connectivity index is 1.63. The second kappa shape index (κ2) is 11.0. The van der Waals surface area contributed by atoms with Gasteiger partial charge >= 0.3 is 0 Å². The molecule has 0 radical (unpaired) electrons. The minimum absolute atomic E-state index is 0.0261. The van der Waals surface area contributed by atoms with Crippen molar-refractivity contribution < 1.29 is 23.5 Å². The fourth-order valence-electron chi connectivity index (χ4n) is 5.69. The van der Waals surface area contributed by atoms with Gasteiger partial charge in [0.2, 0.25) is 5.91 Å². The van der Waals surface area contributed by atoms with Crippen LogP contribution in [0.1, 0.15) is 43.9 Å². The highest BCUT2D eigenvalue weighted by Gasteiger charge is 2.43. The predicted octanol–water partition coefficient (Wildman–Crippen LogP) is 5.78. The Morgan fingerprint density at radius 1 is 1.02 bits per heavy atom. The standard InChI is InChI=1S/C32H34FN3O4/c1-32(2)16-24-29(26(37)17-32)30(22-8-7-11-27(39-3)31(22)40-4)36(25-10-6-5-9-23(25)35-24)19-28(38)34-18-20-12-14-21(33)15-13-20/h5-15,30,35H,16-19H2,1-4H3,(H,34,38). The van der Waals surface area contributed by atoms with Crippen LogP contribution in [0.5, 0.6) is 11.5 Å². The summed E-state index contributed by atoms with van der Waals surface area (Å²) < 4.78 is 24.8. The van der Waals surface area contributed by atoms with E-state index in [0.29, 0.717) is 29.9 Å². The zero-order chi connectivity index (χ0) is 28.4. The van der Waals surface area contributed by atoms with Gasteiger partial charge in [0.05, 0.1) is 38.2 Å². The lowest BCUT2D eigenvalue weighted by Gasteiger charge is -2.38. The Hall–Kier alpha value is -4.33. The number of carbonyl (C=O) groups excluding carboxylic acids is 2. The number of ketones is 1. The molecule has 1 heterocycles. The van der Waals surface area contributed by atoms with Gasteiger partial charge < -0.3 is 25.0 Å². The van der Waals surface area contributed by atoms with Crippen molar-refractivity contribution in [1.29, 1.82) is 0 Å². The molecule has 0 spiro atoms. The summed E-state index contributed by atoms with van der Waals surface area (Å²) in [6.45, 7) is 4.41. The summed E-state index contributed by atoms with van der Waals surface area (Å²) in [4.78, 5) is 29.4. The van der Waals surface area contributed by atoms with Crippen molar-refractivity contribution in [2.75, 3.05) is 31.0 Å². The van der Waals surface area contributed by atoms with Crippen molar-refractivity contribution in [1.82, 2.24) is 5.32 Å². The van der Waals surface area contributed by atoms with Gasteiger partial charge in [-0.3, -0.25) is 9.59 Å². The number of ether oxygens (including phenoxy) is 2. The van der Waals surface area contributed by atoms with Crippen molar-refractivity contribution in [2.45, 2.75) is 39.3 Å². The number of anilines is 2. The van der Waals surface area contributed by atoms with Gasteiger partial charge in [-0.25, -0.2) is 4.39 Å². The first-order valence-electron chi connectivity index (χ1n) is 13.3. The first-order valence-corrected chi connectivity index (χ1v) is 13.3. The molecule has 0 saturated carbocycles. The van der Waals surface area contributed by atoms with E-state index in [9.17, 15) is 14.0 Å². The Morgan fingerprint density at radius 3 is 2.50 bits per heavy atom. The first kappa shape index (κ1) is 27.2. The Kier molecular flexibility index (Phi) is 7.52. The third-order valence-electron chi connectivity index (χ3n) is 7.45. The molecule has 208 valence electrons. The van der Waals surface area contributed by atoms with E-state index in [4.69, 9.17) is 9.47 Å². The minimum atomic E-state index is -0.614. The average Bonchev–Trinajstić information content (AvgIpc) is 3.06. The molecule has 1 unspecified atom stereocenters. The molecule has 1 amide bonds. The number of amides is 1. The summed E-state index contributed by atoms with van der Waals surface area (Å²) in [6, 6.07) is 18.8. The summed E-state index contributed by atoms with van der Waals surface area (Å²) in [5.41, 5.74) is 4.36. The Morgan fingerprint density at radius 2 is 1.77 bits per heavy atom. The van der Waals surface area contributed by atoms with Crippen LogP contribution in [0, 0.1) is 11.2 Å². The highest BCUT2D eigenvalue weighted by atomic mass is 19.1. The molecule has 0 saturated heterocycles. The Labute approximate surface area is 234 Å². The average molecular weight is 544 g/mol. The number of fused-ring (bicyclic) bond motifs is 1. The summed E-state index contributed by atoms with van der Waals surface area (Å²) in [5, 5.41) is 6.51. The van der Waals surface area contributed by atoms with Gasteiger partial charge in [-0.15, -0.1) is 0 Å². The fraction of sp³-hybridized carbons (Fsp3) is 0.312. The van der Waals surface area contributed by atoms with Gasteiger partial charge in [-0.1, -0.05) is 50.2 Å². The van der Waals surface area contributed by atoms with Crippen LogP contribution in [0.25, 0.3) is 0 Å². The monoisotopic (exact) mass is 543 g/mol. The van der Waals surface area contributed by atoms with Crippen LogP contribution in [0.3, 0.4) is 0 Å². The van der Waals surface area contributed by atoms with E-state index in [2.05, 4.69) is 24.5 Å². The van der Waals surface area contributed by atoms with E-state index in [1.165, 1.54) is 12.1 Å². The van der Waals surface area contributed by atoms with E-state index >= 15 is 0 Å². The normalized spacial score (nSPS) is 17.8. The van der Waals surface area contributed by atoms with Crippen LogP contribution < -0.4 is 25.0 Å². The molecule has 1 aliphatic carbocycles. The number of Topliss-reactive ketones (excluding diaryl/α,β-unsaturated/α-hetero) is 1. The van der Waals surface area contributed by atoms with Crippen molar-refractivity contribution >= 4 is 23.1 Å². The molecule has 40 heavy (non-hydrogen) atoms. The molecule has 8 heteroatoms. The van der Waals surface area contributed by atoms with E-state index in [1.807, 2.05) is 47.4 Å². The third kappa shape index (κ3) is 5.39. The van der Waals surface area contributed by atoms with Gasteiger partial charge in [0.15, 0.2) is 17.3 Å². The molecule has 1 aliphatic heterocycles. The predicted molar refractivity (Wildman–Crippen MR) is 153 cm³/mol. The maximum atomic E-state index is 13.9. The van der Waals surface area contributed by atoms with E-state index < -0.39 is 6.04 Å². The van der Waals surface area contributed by atoms with Gasteiger partial charge in [0.25, 0.3) is 0 Å². The number of carbonyl (C=O) groups is 2. The largest absolute Gasteiger partial charge is 0.493 e. The number of halogens is 1. The number of nitrogens with one attached hydrogen (secondary N) is 2. The number of methoxy groups -OCH3 is 2. The van der Waals surface area contributed by atoms with Crippen molar-refractivity contribution in [2.24, 2.45) is 5.41 Å². The van der Waals surface area contributed by atoms with Gasteiger partial charge in [-0.05, 0) is 47.7 Å². The van der Waals surface area contributed by atoms with Gasteiger partial charge in [-0.2, -0.15) is 0 Å². The van der Waals surface area contributed by atoms with Crippen molar-refractivity contribution in [3.63, 3.8) is 0 Å². The second-order valence-corrected chi connectivity index (χ2v) is 11.0. The lowest BCUT2D eigenvalue weighted by molar-refractivity contribution is -0.121. The van der Waals surface area contributed by atoms with Crippen LogP contribution in [0.2, 0.25) is 0 Å². The SMILES string of the molecule is COc1cccc(C2C3=C(CC(C)(C)CC3=O)Nc3ccccc3N2CC(=O)NCc2ccc(F)cc2)c1OC. The number of hydrogen-bond donors (Lipinski definition) is 2. The van der Waals surface area contributed by atoms with E-state index in [-0.39, 0.29) is 36.0 Å². The van der Waals surface area contributed by atoms with Crippen LogP contribution in [-0.2, 0) is 16.1 Å². The lowest BCUT2D eigenvalue weighted by atomic mass is 9.73. The number of para-hydroxylation sites is 3. The molecule has 0 fully saturated rings. The summed E-state index contributed by atoms with van der Waals surface area (Å²) in [6.07, 6.45) is 1.06. The lowest BCUT2D eigenvalue weighted by Crippen LogP contribution is -2.42. The summed E-state index contributed by atoms with van der Waals surface area (Å²) in [7, 11) is 3.15. The van der Waals surface area contributed by atoms with Gasteiger partial charge in [0, 0.05) is 29.8 Å². The number of rotatable bonds is 7. The molecular weight excluding hydrogens is 509 g/mol. The topological polar surface area (TPSA) is 79.9 Å². The molecule has 0 aromatic heterocycles. The molecule has 3 aromatic rings. The summed E-state index contributed by atoms with van der Waals surface area (Å²) in [5.74, 6) is 0.507. The molecule has 7 nitrogen and oxygen atoms in total. The first-order chi connectivity index (χ1) is 19.2. The Bertz CT molecular complexity index is 1470. The van der Waals surface area contributed by atoms with Crippen LogP contribution >= 0.6 is 0 Å². The van der Waals surface area contributed by atoms with Crippen molar-refractivity contribution in [3.05, 3.63) is 94.9 Å². The van der Waals surface area contributed by atoms with Crippen molar-refractivity contribution in [3.8, 4) is 11.5 Å². The molecular formula is C32H34FN3O4. The zero-order valence-electron chi connectivity index (χ0n) is 23.2. The van der Waals surface area contributed by atoms with E-state index in [0.717, 1.165) is 28.2 Å². The number of benzene rings is 3. The number of allylic oxidation sites excluding steroid dienone is 1. The highest BCUT2D eigenvalue weighted by Crippen LogP contribution is 2.50. The van der Waals surface area contributed by atoms with Crippen LogP contribution in [-0.4, -0.2) is 32.5 Å². The van der Waals surface area contributed by atoms with Gasteiger partial charge in [0.1, 0.15) is 5.82 Å². The van der Waals surface area contributed by atoms with Crippen LogP contribution in [0.15, 0.2) is 78.0 Å². The minimum Gasteiger partial charge on any atom is -0.493 e. The second-order valence-electron chi connectivity index (χ2n) is 11.0. The maximum Gasteiger partial charge on any atom is 0.239 e. The number of hydrogen-bond acceptors (Lipinski definition) is 6. The molecule has 3 aromatic carbocycles. The van der Waals surface area contributed by atoms with E-state index in [1.54, 1.807) is 26.4 Å². The highest BCUT2D eigenvalue weighted by molar-refractivity contribution is 6.02. The fourth-order valence-corrected chi connectivity index (χ4v) is 5.69. The molecule has 5 rings (SSSR count). The molecule has 2 aliphatic rings. The third-order valence-corrected chi connectivity index (χ3v) is 7.45. The zero-order valence-corrected chi connectivity index (χ0v) is 23.2. The molecule has 0 bridgehead atoms. The quantitative estimate of drug-likeness (QED) is 0.394. The van der Waals surface area contributed by atoms with Crippen LogP contribution in [0.4, 0.5) is 15.8 Å². The molecule has 2 N–H and O–H groups in total. The number of nitrogens with zero attached hydrogens (tertiary/aromatic N) is 1. The summed E-state index contributed by atoms with van der Waals surface area (Å²) >= 11 is 0. The smallest absolute Gasteiger partial charge is 0.239 e.